The van der Waals surface area contributed by atoms with Crippen LogP contribution in [0.1, 0.15) is 24.2 Å². The zero-order valence-corrected chi connectivity index (χ0v) is 19.2. The molecular formula is C26H33N5O. The van der Waals surface area contributed by atoms with Crippen molar-refractivity contribution in [3.63, 3.8) is 0 Å². The number of piperazine rings is 1. The van der Waals surface area contributed by atoms with Crippen LogP contribution < -0.4 is 4.90 Å². The normalized spacial score (nSPS) is 20.1. The largest absolute Gasteiger partial charge is 0.368 e. The molecule has 0 N–H and O–H groups in total. The van der Waals surface area contributed by atoms with E-state index in [2.05, 4.69) is 75.7 Å². The molecule has 6 nitrogen and oxygen atoms in total. The van der Waals surface area contributed by atoms with Gasteiger partial charge in [0.25, 0.3) is 0 Å². The number of likely N-dealkylation sites (tertiary alicyclic amines) is 1. The van der Waals surface area contributed by atoms with Crippen molar-refractivity contribution in [3.8, 4) is 0 Å². The maximum absolute atomic E-state index is 13.3. The lowest BCUT2D eigenvalue weighted by atomic mass is 9.96. The Labute approximate surface area is 190 Å². The number of benzene rings is 2. The van der Waals surface area contributed by atoms with Crippen molar-refractivity contribution in [3.05, 3.63) is 59.9 Å². The molecule has 6 heteroatoms. The van der Waals surface area contributed by atoms with E-state index in [0.29, 0.717) is 5.91 Å². The van der Waals surface area contributed by atoms with Gasteiger partial charge in [-0.05, 0) is 50.6 Å². The molecule has 1 atom stereocenters. The van der Waals surface area contributed by atoms with Gasteiger partial charge in [0, 0.05) is 45.5 Å². The molecule has 0 unspecified atom stereocenters. The smallest absolute Gasteiger partial charge is 0.227 e. The molecule has 2 aliphatic heterocycles. The lowest BCUT2D eigenvalue weighted by molar-refractivity contribution is -0.137. The molecule has 2 aromatic carbocycles. The predicted molar refractivity (Wildman–Crippen MR) is 129 cm³/mol. The van der Waals surface area contributed by atoms with E-state index in [-0.39, 0.29) is 5.92 Å². The molecule has 5 rings (SSSR count). The fourth-order valence-electron chi connectivity index (χ4n) is 5.14. The predicted octanol–water partition coefficient (Wildman–Crippen LogP) is 3.44. The first-order valence-corrected chi connectivity index (χ1v) is 11.8. The minimum atomic E-state index is 0.101. The highest BCUT2D eigenvalue weighted by Gasteiger charge is 2.31. The highest BCUT2D eigenvalue weighted by atomic mass is 16.2. The number of rotatable bonds is 4. The summed E-state index contributed by atoms with van der Waals surface area (Å²) in [6.45, 7) is 8.23. The molecule has 0 saturated carbocycles. The van der Waals surface area contributed by atoms with E-state index in [4.69, 9.17) is 4.98 Å². The van der Waals surface area contributed by atoms with E-state index in [0.717, 1.165) is 70.0 Å². The fourth-order valence-corrected chi connectivity index (χ4v) is 5.14. The molecule has 3 heterocycles. The number of hydrogen-bond acceptors (Lipinski definition) is 4. The first-order valence-electron chi connectivity index (χ1n) is 11.8. The van der Waals surface area contributed by atoms with Gasteiger partial charge in [-0.2, -0.15) is 0 Å². The summed E-state index contributed by atoms with van der Waals surface area (Å²) in [6, 6.07) is 17.0. The molecule has 3 aromatic rings. The van der Waals surface area contributed by atoms with Crippen LogP contribution in [0.5, 0.6) is 0 Å². The number of aryl methyl sites for hydroxylation is 2. The average Bonchev–Trinajstić information content (AvgIpc) is 3.15. The number of nitrogens with zero attached hydrogens (tertiary/aromatic N) is 5. The summed E-state index contributed by atoms with van der Waals surface area (Å²) < 4.78 is 2.19. The van der Waals surface area contributed by atoms with Crippen LogP contribution in [0.25, 0.3) is 11.0 Å². The Kier molecular flexibility index (Phi) is 5.87. The molecule has 0 aliphatic carbocycles. The van der Waals surface area contributed by atoms with Gasteiger partial charge >= 0.3 is 0 Å². The molecule has 2 aliphatic rings. The third kappa shape index (κ3) is 4.24. The van der Waals surface area contributed by atoms with Crippen molar-refractivity contribution in [2.45, 2.75) is 26.3 Å². The second kappa shape index (κ2) is 8.94. The summed E-state index contributed by atoms with van der Waals surface area (Å²) in [5.74, 6) is 1.51. The summed E-state index contributed by atoms with van der Waals surface area (Å²) in [6.07, 6.45) is 2.07. The van der Waals surface area contributed by atoms with Crippen molar-refractivity contribution in [1.29, 1.82) is 0 Å². The summed E-state index contributed by atoms with van der Waals surface area (Å²) in [5, 5.41) is 0. The second-order valence-electron chi connectivity index (χ2n) is 9.30. The number of imidazole rings is 1. The summed E-state index contributed by atoms with van der Waals surface area (Å²) >= 11 is 0. The highest BCUT2D eigenvalue weighted by molar-refractivity contribution is 5.79. The fraction of sp³-hybridized carbons (Fsp3) is 0.462. The van der Waals surface area contributed by atoms with Crippen LogP contribution in [0, 0.1) is 12.8 Å². The zero-order valence-electron chi connectivity index (χ0n) is 19.2. The van der Waals surface area contributed by atoms with E-state index in [1.165, 1.54) is 16.8 Å². The third-order valence-electron chi connectivity index (χ3n) is 7.09. The molecule has 168 valence electrons. The van der Waals surface area contributed by atoms with Gasteiger partial charge in [-0.15, -0.1) is 0 Å². The molecule has 1 amide bonds. The SMILES string of the molecule is Cc1ccc(N2CCN(C(=O)[C@@H]3CCCN(Cc4nc5ccccc5n4C)C3)CC2)cc1. The van der Waals surface area contributed by atoms with Crippen molar-refractivity contribution in [1.82, 2.24) is 19.4 Å². The first-order chi connectivity index (χ1) is 15.6. The minimum absolute atomic E-state index is 0.101. The van der Waals surface area contributed by atoms with Gasteiger partial charge in [-0.1, -0.05) is 29.8 Å². The van der Waals surface area contributed by atoms with Crippen molar-refractivity contribution >= 4 is 22.6 Å². The zero-order chi connectivity index (χ0) is 22.1. The van der Waals surface area contributed by atoms with E-state index in [1.807, 2.05) is 6.07 Å². The van der Waals surface area contributed by atoms with Gasteiger partial charge in [-0.3, -0.25) is 9.69 Å². The Hall–Kier alpha value is -2.86. The minimum Gasteiger partial charge on any atom is -0.368 e. The Bertz CT molecular complexity index is 1080. The summed E-state index contributed by atoms with van der Waals surface area (Å²) in [5.41, 5.74) is 4.75. The Morgan fingerprint density at radius 1 is 1.00 bits per heavy atom. The lowest BCUT2D eigenvalue weighted by Crippen LogP contribution is -2.52. The number of fused-ring (bicyclic) bond motifs is 1. The topological polar surface area (TPSA) is 44.6 Å². The van der Waals surface area contributed by atoms with Crippen LogP contribution in [0.15, 0.2) is 48.5 Å². The van der Waals surface area contributed by atoms with E-state index >= 15 is 0 Å². The molecule has 1 aromatic heterocycles. The number of amides is 1. The number of carbonyl (C=O) groups excluding carboxylic acids is 1. The van der Waals surface area contributed by atoms with Crippen molar-refractivity contribution in [2.24, 2.45) is 13.0 Å². The number of para-hydroxylation sites is 2. The summed E-state index contributed by atoms with van der Waals surface area (Å²) in [4.78, 5) is 25.0. The van der Waals surface area contributed by atoms with Gasteiger partial charge in [0.15, 0.2) is 0 Å². The van der Waals surface area contributed by atoms with E-state index in [9.17, 15) is 4.79 Å². The Morgan fingerprint density at radius 3 is 2.50 bits per heavy atom. The van der Waals surface area contributed by atoms with Crippen molar-refractivity contribution < 1.29 is 4.79 Å². The van der Waals surface area contributed by atoms with Gasteiger partial charge in [-0.25, -0.2) is 4.98 Å². The van der Waals surface area contributed by atoms with Crippen LogP contribution in [-0.2, 0) is 18.4 Å². The van der Waals surface area contributed by atoms with E-state index < -0.39 is 0 Å². The molecule has 2 saturated heterocycles. The number of anilines is 1. The Morgan fingerprint density at radius 2 is 1.75 bits per heavy atom. The van der Waals surface area contributed by atoms with Gasteiger partial charge < -0.3 is 14.4 Å². The van der Waals surface area contributed by atoms with Gasteiger partial charge in [0.1, 0.15) is 5.82 Å². The van der Waals surface area contributed by atoms with Crippen molar-refractivity contribution in [2.75, 3.05) is 44.2 Å². The van der Waals surface area contributed by atoms with Gasteiger partial charge in [0.2, 0.25) is 5.91 Å². The number of aromatic nitrogens is 2. The maximum atomic E-state index is 13.3. The summed E-state index contributed by atoms with van der Waals surface area (Å²) in [7, 11) is 2.09. The maximum Gasteiger partial charge on any atom is 0.227 e. The van der Waals surface area contributed by atoms with E-state index in [1.54, 1.807) is 0 Å². The molecule has 0 spiro atoms. The van der Waals surface area contributed by atoms with Crippen LogP contribution >= 0.6 is 0 Å². The average molecular weight is 432 g/mol. The molecule has 0 radical (unpaired) electrons. The van der Waals surface area contributed by atoms with Crippen LogP contribution in [0.3, 0.4) is 0 Å². The number of carbonyl (C=O) groups is 1. The van der Waals surface area contributed by atoms with Gasteiger partial charge in [0.05, 0.1) is 23.5 Å². The molecular weight excluding hydrogens is 398 g/mol. The second-order valence-corrected chi connectivity index (χ2v) is 9.30. The standard InChI is InChI=1S/C26H33N5O/c1-20-9-11-22(12-10-20)30-14-16-31(17-15-30)26(32)21-6-5-13-29(18-21)19-25-27-23-7-3-4-8-24(23)28(25)2/h3-4,7-12,21H,5-6,13-19H2,1-2H3/t21-/m1/s1. The molecule has 32 heavy (non-hydrogen) atoms. The lowest BCUT2D eigenvalue weighted by Gasteiger charge is -2.39. The highest BCUT2D eigenvalue weighted by Crippen LogP contribution is 2.24. The Balaban J connectivity index is 1.18. The van der Waals surface area contributed by atoms with Crippen LogP contribution in [0.4, 0.5) is 5.69 Å². The van der Waals surface area contributed by atoms with Crippen LogP contribution in [-0.4, -0.2) is 64.5 Å². The first kappa shape index (κ1) is 21.0. The number of hydrogen-bond donors (Lipinski definition) is 0. The third-order valence-corrected chi connectivity index (χ3v) is 7.09. The monoisotopic (exact) mass is 431 g/mol. The molecule has 0 bridgehead atoms. The number of piperidine rings is 1. The quantitative estimate of drug-likeness (QED) is 0.635. The van der Waals surface area contributed by atoms with Crippen LogP contribution in [0.2, 0.25) is 0 Å². The molecule has 2 fully saturated rings.